The van der Waals surface area contributed by atoms with Crippen LogP contribution in [0.5, 0.6) is 17.2 Å². The van der Waals surface area contributed by atoms with Crippen molar-refractivity contribution in [2.24, 2.45) is 4.99 Å². The second-order valence-corrected chi connectivity index (χ2v) is 6.05. The number of hydrogen-bond donors (Lipinski definition) is 2. The van der Waals surface area contributed by atoms with Crippen LogP contribution in [0.2, 0.25) is 0 Å². The molecule has 25 heavy (non-hydrogen) atoms. The summed E-state index contributed by atoms with van der Waals surface area (Å²) in [4.78, 5) is 16.1. The molecule has 132 valence electrons. The second kappa shape index (κ2) is 9.13. The van der Waals surface area contributed by atoms with Gasteiger partial charge in [-0.25, -0.2) is 0 Å². The number of carbonyl (C=O) groups excluding carboxylic acids is 1. The number of methoxy groups -OCH3 is 1. The fourth-order valence-electron chi connectivity index (χ4n) is 2.09. The highest BCUT2D eigenvalue weighted by Crippen LogP contribution is 2.21. The molecule has 0 aliphatic carbocycles. The first kappa shape index (κ1) is 18.9. The van der Waals surface area contributed by atoms with Crippen LogP contribution in [0.3, 0.4) is 0 Å². The minimum atomic E-state index is -0.146. The fraction of sp³-hybridized carbons (Fsp3) is 0.263. The normalized spacial score (nSPS) is 11.2. The molecule has 0 aliphatic rings. The van der Waals surface area contributed by atoms with E-state index >= 15 is 0 Å². The smallest absolute Gasteiger partial charge is 0.191 e. The molecule has 0 aromatic heterocycles. The van der Waals surface area contributed by atoms with Gasteiger partial charge in [0.15, 0.2) is 5.78 Å². The molecule has 1 N–H and O–H groups in total. The summed E-state index contributed by atoms with van der Waals surface area (Å²) in [6, 6.07) is 12.4. The van der Waals surface area contributed by atoms with Gasteiger partial charge in [-0.1, -0.05) is 12.1 Å². The zero-order valence-electron chi connectivity index (χ0n) is 14.2. The summed E-state index contributed by atoms with van der Waals surface area (Å²) in [6.45, 7) is 1.71. The van der Waals surface area contributed by atoms with Crippen LogP contribution < -0.4 is 9.47 Å². The van der Waals surface area contributed by atoms with Crippen molar-refractivity contribution >= 4 is 23.5 Å². The van der Waals surface area contributed by atoms with E-state index in [0.717, 1.165) is 11.3 Å². The lowest BCUT2D eigenvalue weighted by Crippen LogP contribution is -2.15. The lowest BCUT2D eigenvalue weighted by atomic mass is 10.1. The first-order valence-corrected chi connectivity index (χ1v) is 8.22. The number of rotatable bonds is 8. The van der Waals surface area contributed by atoms with Gasteiger partial charge in [-0.15, -0.1) is 12.6 Å². The Labute approximate surface area is 152 Å². The number of thiol groups is 1. The summed E-state index contributed by atoms with van der Waals surface area (Å²) in [5.41, 5.74) is 1.73. The number of Topliss-reactive ketones (excluding diaryl/α,β-unsaturated/α-hetero) is 1. The quantitative estimate of drug-likeness (QED) is 0.431. The summed E-state index contributed by atoms with van der Waals surface area (Å²) < 4.78 is 10.5. The number of aryl methyl sites for hydroxylation is 1. The van der Waals surface area contributed by atoms with Gasteiger partial charge in [0.25, 0.3) is 0 Å². The molecule has 0 bridgehead atoms. The van der Waals surface area contributed by atoms with Gasteiger partial charge < -0.3 is 14.6 Å². The van der Waals surface area contributed by atoms with E-state index in [1.807, 2.05) is 24.3 Å². The number of ether oxygens (including phenoxy) is 2. The maximum atomic E-state index is 11.9. The lowest BCUT2D eigenvalue weighted by Gasteiger charge is -2.07. The third-order valence-corrected chi connectivity index (χ3v) is 3.83. The van der Waals surface area contributed by atoms with E-state index in [0.29, 0.717) is 22.8 Å². The first-order chi connectivity index (χ1) is 12.0. The Bertz CT molecular complexity index is 757. The molecule has 0 saturated carbocycles. The molecule has 0 saturated heterocycles. The van der Waals surface area contributed by atoms with Crippen LogP contribution in [0, 0.1) is 6.92 Å². The number of benzene rings is 2. The summed E-state index contributed by atoms with van der Waals surface area (Å²) in [5.74, 6) is 1.38. The maximum absolute atomic E-state index is 11.9. The third-order valence-electron chi connectivity index (χ3n) is 3.53. The Morgan fingerprint density at radius 3 is 2.48 bits per heavy atom. The van der Waals surface area contributed by atoms with Crippen molar-refractivity contribution in [3.8, 4) is 17.2 Å². The van der Waals surface area contributed by atoms with Crippen molar-refractivity contribution < 1.29 is 19.4 Å². The van der Waals surface area contributed by atoms with E-state index in [4.69, 9.17) is 9.47 Å². The van der Waals surface area contributed by atoms with Crippen LogP contribution in [-0.2, 0) is 11.2 Å². The largest absolute Gasteiger partial charge is 0.508 e. The average Bonchev–Trinajstić information content (AvgIpc) is 2.61. The molecule has 0 amide bonds. The molecule has 2 aromatic carbocycles. The van der Waals surface area contributed by atoms with E-state index in [-0.39, 0.29) is 24.7 Å². The molecule has 2 aromatic rings. The monoisotopic (exact) mass is 359 g/mol. The number of carbonyl (C=O) groups is 1. The van der Waals surface area contributed by atoms with E-state index in [2.05, 4.69) is 17.6 Å². The zero-order chi connectivity index (χ0) is 18.2. The molecule has 0 unspecified atom stereocenters. The van der Waals surface area contributed by atoms with Crippen LogP contribution in [0.25, 0.3) is 0 Å². The van der Waals surface area contributed by atoms with E-state index < -0.39 is 0 Å². The van der Waals surface area contributed by atoms with Gasteiger partial charge in [0.1, 0.15) is 30.4 Å². The molecule has 2 rings (SSSR count). The topological polar surface area (TPSA) is 68.1 Å². The predicted molar refractivity (Wildman–Crippen MR) is 101 cm³/mol. The van der Waals surface area contributed by atoms with Gasteiger partial charge >= 0.3 is 0 Å². The number of nitrogens with zero attached hydrogens (tertiary/aromatic N) is 1. The number of hydrogen-bond acceptors (Lipinski definition) is 5. The summed E-state index contributed by atoms with van der Waals surface area (Å²) in [7, 11) is 1.62. The van der Waals surface area contributed by atoms with Crippen molar-refractivity contribution in [1.29, 1.82) is 0 Å². The SMILES string of the molecule is COc1ccc(C/C(S)=N/CC(=O)COc2ccc(O)c(C)c2)cc1. The fourth-order valence-corrected chi connectivity index (χ4v) is 2.34. The molecule has 0 aliphatic heterocycles. The molecule has 0 fully saturated rings. The summed E-state index contributed by atoms with van der Waals surface area (Å²) >= 11 is 4.33. The molecule has 0 atom stereocenters. The lowest BCUT2D eigenvalue weighted by molar-refractivity contribution is -0.119. The molecule has 0 heterocycles. The summed E-state index contributed by atoms with van der Waals surface area (Å²) in [5, 5.41) is 10.0. The van der Waals surface area contributed by atoms with Gasteiger partial charge in [0.2, 0.25) is 0 Å². The highest BCUT2D eigenvalue weighted by atomic mass is 32.1. The standard InChI is InChI=1S/C19H21NO4S/c1-13-9-17(7-8-18(13)22)24-12-15(21)11-20-19(25)10-14-3-5-16(23-2)6-4-14/h3-9,22H,10-12H2,1-2H3,(H,20,25). The number of aliphatic imine (C=N–C) groups is 1. The zero-order valence-corrected chi connectivity index (χ0v) is 15.1. The number of phenolic OH excluding ortho intramolecular Hbond substituents is 1. The molecular weight excluding hydrogens is 338 g/mol. The second-order valence-electron chi connectivity index (χ2n) is 5.53. The van der Waals surface area contributed by atoms with E-state index in [9.17, 15) is 9.90 Å². The minimum Gasteiger partial charge on any atom is -0.508 e. The average molecular weight is 359 g/mol. The van der Waals surface area contributed by atoms with Crippen LogP contribution in [0.15, 0.2) is 47.5 Å². The summed E-state index contributed by atoms with van der Waals surface area (Å²) in [6.07, 6.45) is 0.554. The third kappa shape index (κ3) is 6.15. The van der Waals surface area contributed by atoms with Gasteiger partial charge in [0.05, 0.1) is 12.2 Å². The highest BCUT2D eigenvalue weighted by molar-refractivity contribution is 7.97. The maximum Gasteiger partial charge on any atom is 0.191 e. The predicted octanol–water partition coefficient (Wildman–Crippen LogP) is 3.23. The van der Waals surface area contributed by atoms with Crippen molar-refractivity contribution in [2.45, 2.75) is 13.3 Å². The Kier molecular flexibility index (Phi) is 6.89. The van der Waals surface area contributed by atoms with Crippen LogP contribution in [-0.4, -0.2) is 36.2 Å². The number of ketones is 1. The van der Waals surface area contributed by atoms with Crippen LogP contribution in [0.4, 0.5) is 0 Å². The van der Waals surface area contributed by atoms with Crippen molar-refractivity contribution in [1.82, 2.24) is 0 Å². The van der Waals surface area contributed by atoms with Gasteiger partial charge in [0, 0.05) is 6.42 Å². The molecule has 5 nitrogen and oxygen atoms in total. The van der Waals surface area contributed by atoms with Crippen molar-refractivity contribution in [3.63, 3.8) is 0 Å². The molecule has 6 heteroatoms. The molecular formula is C19H21NO4S. The van der Waals surface area contributed by atoms with Gasteiger partial charge in [-0.3, -0.25) is 9.79 Å². The van der Waals surface area contributed by atoms with Crippen LogP contribution in [0.1, 0.15) is 11.1 Å². The van der Waals surface area contributed by atoms with Crippen LogP contribution >= 0.6 is 12.6 Å². The molecule has 0 spiro atoms. The van der Waals surface area contributed by atoms with Gasteiger partial charge in [-0.05, 0) is 48.4 Å². The number of phenols is 1. The Balaban J connectivity index is 1.80. The Morgan fingerprint density at radius 1 is 1.16 bits per heavy atom. The van der Waals surface area contributed by atoms with Crippen molar-refractivity contribution in [3.05, 3.63) is 53.6 Å². The minimum absolute atomic E-state index is 0.0199. The molecule has 0 radical (unpaired) electrons. The Morgan fingerprint density at radius 2 is 1.84 bits per heavy atom. The van der Waals surface area contributed by atoms with E-state index in [1.165, 1.54) is 6.07 Å². The van der Waals surface area contributed by atoms with Crippen molar-refractivity contribution in [2.75, 3.05) is 20.3 Å². The highest BCUT2D eigenvalue weighted by Gasteiger charge is 2.05. The number of aromatic hydroxyl groups is 1. The van der Waals surface area contributed by atoms with Gasteiger partial charge in [-0.2, -0.15) is 0 Å². The Hall–Kier alpha value is -2.47. The first-order valence-electron chi connectivity index (χ1n) is 7.77. The van der Waals surface area contributed by atoms with E-state index in [1.54, 1.807) is 26.2 Å².